The Morgan fingerprint density at radius 1 is 1.22 bits per heavy atom. The van der Waals surface area contributed by atoms with Crippen molar-refractivity contribution in [1.29, 1.82) is 0 Å². The molecule has 0 aliphatic carbocycles. The number of nitrogens with zero attached hydrogens (tertiary/aromatic N) is 2. The predicted octanol–water partition coefficient (Wildman–Crippen LogP) is 6.69. The molecule has 0 atom stereocenters. The van der Waals surface area contributed by atoms with Crippen LogP contribution in [0.3, 0.4) is 0 Å². The highest BCUT2D eigenvalue weighted by Gasteiger charge is 2.24. The lowest BCUT2D eigenvalue weighted by atomic mass is 10.1. The molecule has 0 fully saturated rings. The van der Waals surface area contributed by atoms with Crippen LogP contribution in [0, 0.1) is 0 Å². The Bertz CT molecular complexity index is 963. The van der Waals surface area contributed by atoms with Crippen LogP contribution in [0.4, 0.5) is 0 Å². The van der Waals surface area contributed by atoms with Gasteiger partial charge in [-0.15, -0.1) is 11.3 Å². The van der Waals surface area contributed by atoms with E-state index in [0.717, 1.165) is 29.1 Å². The van der Waals surface area contributed by atoms with E-state index in [4.69, 9.17) is 11.6 Å². The summed E-state index contributed by atoms with van der Waals surface area (Å²) in [6, 6.07) is 13.9. The molecule has 142 valence electrons. The first-order chi connectivity index (χ1) is 12.8. The van der Waals surface area contributed by atoms with E-state index in [1.165, 1.54) is 10.5 Å². The van der Waals surface area contributed by atoms with Gasteiger partial charge in [0.1, 0.15) is 5.60 Å². The molecule has 3 aromatic rings. The Morgan fingerprint density at radius 2 is 1.96 bits per heavy atom. The van der Waals surface area contributed by atoms with E-state index in [2.05, 4.69) is 37.2 Å². The highest BCUT2D eigenvalue weighted by Crippen LogP contribution is 2.37. The van der Waals surface area contributed by atoms with Crippen molar-refractivity contribution in [3.8, 4) is 16.3 Å². The van der Waals surface area contributed by atoms with E-state index < -0.39 is 5.60 Å². The van der Waals surface area contributed by atoms with Gasteiger partial charge in [-0.2, -0.15) is 5.10 Å². The van der Waals surface area contributed by atoms with Gasteiger partial charge in [0.15, 0.2) is 0 Å². The van der Waals surface area contributed by atoms with Crippen LogP contribution in [0.2, 0.25) is 5.02 Å². The van der Waals surface area contributed by atoms with E-state index >= 15 is 0 Å². The SMILES string of the molecule is CC/C=C(\CC)c1ccc(-c2cc(C(C)(C)O)nn2-c2ccccc2Cl)s1. The van der Waals surface area contributed by atoms with Gasteiger partial charge in [-0.3, -0.25) is 0 Å². The van der Waals surface area contributed by atoms with Gasteiger partial charge in [0.2, 0.25) is 0 Å². The zero-order chi connectivity index (χ0) is 19.6. The number of thiophene rings is 1. The van der Waals surface area contributed by atoms with E-state index in [-0.39, 0.29) is 0 Å². The number of benzene rings is 1. The zero-order valence-corrected chi connectivity index (χ0v) is 17.7. The fraction of sp³-hybridized carbons (Fsp3) is 0.318. The highest BCUT2D eigenvalue weighted by atomic mass is 35.5. The van der Waals surface area contributed by atoms with Gasteiger partial charge in [0.05, 0.1) is 27.0 Å². The standard InChI is InChI=1S/C22H25ClN2OS/c1-5-9-15(6-2)19-12-13-20(27-19)18-14-21(22(3,4)26)24-25(18)17-11-8-7-10-16(17)23/h7-14,26H,5-6H2,1-4H3/b15-9+. The lowest BCUT2D eigenvalue weighted by Crippen LogP contribution is -2.16. The van der Waals surface area contributed by atoms with Crippen molar-refractivity contribution in [1.82, 2.24) is 9.78 Å². The second-order valence-electron chi connectivity index (χ2n) is 6.99. The molecule has 0 saturated heterocycles. The Balaban J connectivity index is 2.15. The van der Waals surface area contributed by atoms with Crippen LogP contribution in [0.15, 0.2) is 48.5 Å². The first kappa shape index (κ1) is 19.9. The van der Waals surface area contributed by atoms with Crippen molar-refractivity contribution >= 4 is 28.5 Å². The average Bonchev–Trinajstić information content (AvgIpc) is 3.26. The average molecular weight is 401 g/mol. The van der Waals surface area contributed by atoms with Crippen LogP contribution in [0.5, 0.6) is 0 Å². The molecule has 1 aromatic carbocycles. The molecule has 5 heteroatoms. The van der Waals surface area contributed by atoms with Crippen molar-refractivity contribution in [3.63, 3.8) is 0 Å². The normalized spacial score (nSPS) is 12.6. The third-order valence-corrected chi connectivity index (χ3v) is 5.93. The second-order valence-corrected chi connectivity index (χ2v) is 8.48. The maximum absolute atomic E-state index is 10.5. The van der Waals surface area contributed by atoms with Gasteiger partial charge in [-0.05, 0) is 62.6 Å². The van der Waals surface area contributed by atoms with Crippen LogP contribution in [-0.4, -0.2) is 14.9 Å². The summed E-state index contributed by atoms with van der Waals surface area (Å²) in [4.78, 5) is 2.37. The van der Waals surface area contributed by atoms with Crippen LogP contribution in [0.1, 0.15) is 51.1 Å². The molecule has 3 nitrogen and oxygen atoms in total. The van der Waals surface area contributed by atoms with Gasteiger partial charge in [0, 0.05) is 4.88 Å². The van der Waals surface area contributed by atoms with Crippen LogP contribution >= 0.6 is 22.9 Å². The summed E-state index contributed by atoms with van der Waals surface area (Å²) < 4.78 is 1.83. The maximum atomic E-state index is 10.5. The molecule has 27 heavy (non-hydrogen) atoms. The van der Waals surface area contributed by atoms with E-state index in [0.29, 0.717) is 10.7 Å². The molecule has 0 amide bonds. The summed E-state index contributed by atoms with van der Waals surface area (Å²) in [6.45, 7) is 7.83. The van der Waals surface area contributed by atoms with Gasteiger partial charge in [0.25, 0.3) is 0 Å². The Morgan fingerprint density at radius 3 is 2.59 bits per heavy atom. The number of allylic oxidation sites excluding steroid dienone is 2. The van der Waals surface area contributed by atoms with Gasteiger partial charge >= 0.3 is 0 Å². The first-order valence-electron chi connectivity index (χ1n) is 9.22. The molecule has 2 aromatic heterocycles. The molecule has 0 unspecified atom stereocenters. The van der Waals surface area contributed by atoms with Crippen molar-refractivity contribution < 1.29 is 5.11 Å². The van der Waals surface area contributed by atoms with Gasteiger partial charge < -0.3 is 5.11 Å². The number of aliphatic hydroxyl groups is 1. The molecule has 0 aliphatic heterocycles. The number of aromatic nitrogens is 2. The topological polar surface area (TPSA) is 38.1 Å². The molecule has 3 rings (SSSR count). The quantitative estimate of drug-likeness (QED) is 0.500. The fourth-order valence-corrected chi connectivity index (χ4v) is 4.31. The Hall–Kier alpha value is -1.88. The van der Waals surface area contributed by atoms with Gasteiger partial charge in [-0.1, -0.05) is 43.7 Å². The predicted molar refractivity (Wildman–Crippen MR) is 116 cm³/mol. The summed E-state index contributed by atoms with van der Waals surface area (Å²) in [5.41, 5.74) is 2.69. The second kappa shape index (κ2) is 8.01. The Labute approximate surface area is 169 Å². The first-order valence-corrected chi connectivity index (χ1v) is 10.4. The van der Waals surface area contributed by atoms with Crippen molar-refractivity contribution in [2.75, 3.05) is 0 Å². The number of hydrogen-bond acceptors (Lipinski definition) is 3. The molecule has 0 saturated carbocycles. The van der Waals surface area contributed by atoms with E-state index in [1.54, 1.807) is 25.2 Å². The van der Waals surface area contributed by atoms with Gasteiger partial charge in [-0.25, -0.2) is 4.68 Å². The molecule has 0 bridgehead atoms. The smallest absolute Gasteiger partial charge is 0.103 e. The summed E-state index contributed by atoms with van der Waals surface area (Å²) >= 11 is 8.18. The molecule has 0 aliphatic rings. The molecule has 2 heterocycles. The molecular formula is C22H25ClN2OS. The van der Waals surface area contributed by atoms with E-state index in [9.17, 15) is 5.11 Å². The van der Waals surface area contributed by atoms with Crippen molar-refractivity contribution in [2.45, 2.75) is 46.1 Å². The maximum Gasteiger partial charge on any atom is 0.103 e. The summed E-state index contributed by atoms with van der Waals surface area (Å²) in [7, 11) is 0. The minimum atomic E-state index is -1.03. The van der Waals surface area contributed by atoms with Crippen molar-refractivity contribution in [2.24, 2.45) is 0 Å². The molecular weight excluding hydrogens is 376 g/mol. The van der Waals surface area contributed by atoms with Crippen LogP contribution in [0.25, 0.3) is 21.8 Å². The molecule has 1 N–H and O–H groups in total. The third kappa shape index (κ3) is 4.18. The lowest BCUT2D eigenvalue weighted by Gasteiger charge is -2.13. The Kier molecular flexibility index (Phi) is 5.89. The monoisotopic (exact) mass is 400 g/mol. The van der Waals surface area contributed by atoms with Crippen LogP contribution in [-0.2, 0) is 5.60 Å². The van der Waals surface area contributed by atoms with Crippen molar-refractivity contribution in [3.05, 3.63) is 64.1 Å². The third-order valence-electron chi connectivity index (χ3n) is 4.42. The fourth-order valence-electron chi connectivity index (χ4n) is 2.98. The van der Waals surface area contributed by atoms with Crippen LogP contribution < -0.4 is 0 Å². The number of hydrogen-bond donors (Lipinski definition) is 1. The number of halogens is 1. The minimum Gasteiger partial charge on any atom is -0.384 e. The highest BCUT2D eigenvalue weighted by molar-refractivity contribution is 7.16. The zero-order valence-electron chi connectivity index (χ0n) is 16.2. The number of rotatable bonds is 6. The largest absolute Gasteiger partial charge is 0.384 e. The lowest BCUT2D eigenvalue weighted by molar-refractivity contribution is 0.0734. The number of para-hydroxylation sites is 1. The summed E-state index contributed by atoms with van der Waals surface area (Å²) in [5.74, 6) is 0. The molecule has 0 radical (unpaired) electrons. The minimum absolute atomic E-state index is 0.618. The summed E-state index contributed by atoms with van der Waals surface area (Å²) in [5, 5.41) is 15.8. The summed E-state index contributed by atoms with van der Waals surface area (Å²) in [6.07, 6.45) is 4.31. The molecule has 0 spiro atoms. The van der Waals surface area contributed by atoms with E-state index in [1.807, 2.05) is 35.0 Å².